The average Bonchev–Trinajstić information content (AvgIpc) is 3.01. The van der Waals surface area contributed by atoms with Crippen molar-refractivity contribution >= 4 is 28.9 Å². The molecule has 0 spiro atoms. The molecule has 0 aliphatic carbocycles. The van der Waals surface area contributed by atoms with Crippen LogP contribution in [0, 0.1) is 10.1 Å². The molecule has 0 saturated carbocycles. The van der Waals surface area contributed by atoms with E-state index >= 15 is 0 Å². The molecule has 0 atom stereocenters. The summed E-state index contributed by atoms with van der Waals surface area (Å²) in [6, 6.07) is 5.57. The number of thiazole rings is 1. The van der Waals surface area contributed by atoms with Crippen molar-refractivity contribution in [1.29, 1.82) is 0 Å². The first-order valence-corrected chi connectivity index (χ1v) is 7.90. The first-order chi connectivity index (χ1) is 11.3. The maximum absolute atomic E-state index is 12.4. The van der Waals surface area contributed by atoms with Crippen molar-refractivity contribution in [1.82, 2.24) is 9.88 Å². The summed E-state index contributed by atoms with van der Waals surface area (Å²) in [6.45, 7) is 3.05. The molecular weight excluding hydrogens is 334 g/mol. The van der Waals surface area contributed by atoms with Crippen molar-refractivity contribution in [3.05, 3.63) is 45.5 Å². The summed E-state index contributed by atoms with van der Waals surface area (Å²) in [5, 5.41) is 21.7. The molecule has 0 fully saturated rings. The molecule has 0 radical (unpaired) electrons. The zero-order valence-electron chi connectivity index (χ0n) is 13.0. The third-order valence-electron chi connectivity index (χ3n) is 3.24. The van der Waals surface area contributed by atoms with Crippen LogP contribution in [0.5, 0.6) is 0 Å². The standard InChI is InChI=1S/C15H15N3O5S/c1-9(2)17(7-13(19)20)15(21)12-8-24-14(16-12)10-3-5-11(6-4-10)18(22)23/h3-6,8-9H,7H2,1-2H3,(H,19,20). The Kier molecular flexibility index (Phi) is 5.24. The summed E-state index contributed by atoms with van der Waals surface area (Å²) in [6.07, 6.45) is 0. The van der Waals surface area contributed by atoms with Crippen LogP contribution in [0.2, 0.25) is 0 Å². The number of carboxylic acid groups (broad SMARTS) is 1. The van der Waals surface area contributed by atoms with Crippen molar-refractivity contribution < 1.29 is 19.6 Å². The highest BCUT2D eigenvalue weighted by molar-refractivity contribution is 7.13. The number of aliphatic carboxylic acids is 1. The van der Waals surface area contributed by atoms with Crippen LogP contribution in [-0.4, -0.2) is 44.4 Å². The fraction of sp³-hybridized carbons (Fsp3) is 0.267. The fourth-order valence-corrected chi connectivity index (χ4v) is 2.81. The van der Waals surface area contributed by atoms with E-state index in [4.69, 9.17) is 5.11 Å². The number of non-ortho nitro benzene ring substituents is 1. The zero-order valence-corrected chi connectivity index (χ0v) is 13.8. The monoisotopic (exact) mass is 349 g/mol. The van der Waals surface area contributed by atoms with Gasteiger partial charge in [-0.05, 0) is 26.0 Å². The van der Waals surface area contributed by atoms with Gasteiger partial charge in [-0.25, -0.2) is 4.98 Å². The van der Waals surface area contributed by atoms with Crippen molar-refractivity contribution in [2.45, 2.75) is 19.9 Å². The van der Waals surface area contributed by atoms with Gasteiger partial charge in [0.15, 0.2) is 0 Å². The van der Waals surface area contributed by atoms with Crippen LogP contribution in [0.25, 0.3) is 10.6 Å². The lowest BCUT2D eigenvalue weighted by Crippen LogP contribution is -2.40. The van der Waals surface area contributed by atoms with Crippen LogP contribution in [0.4, 0.5) is 5.69 Å². The summed E-state index contributed by atoms with van der Waals surface area (Å²) in [7, 11) is 0. The summed E-state index contributed by atoms with van der Waals surface area (Å²) in [4.78, 5) is 38.9. The number of aromatic nitrogens is 1. The van der Waals surface area contributed by atoms with Gasteiger partial charge in [0.05, 0.1) is 4.92 Å². The molecule has 0 saturated heterocycles. The minimum Gasteiger partial charge on any atom is -0.480 e. The molecule has 1 aromatic heterocycles. The van der Waals surface area contributed by atoms with Crippen LogP contribution in [0.15, 0.2) is 29.6 Å². The SMILES string of the molecule is CC(C)N(CC(=O)O)C(=O)c1csc(-c2ccc([N+](=O)[O-])cc2)n1. The normalized spacial score (nSPS) is 10.6. The number of benzene rings is 1. The minimum absolute atomic E-state index is 0.0287. The van der Waals surface area contributed by atoms with E-state index in [9.17, 15) is 19.7 Å². The van der Waals surface area contributed by atoms with E-state index in [0.717, 1.165) is 0 Å². The predicted octanol–water partition coefficient (Wildman–Crippen LogP) is 2.65. The first-order valence-electron chi connectivity index (χ1n) is 7.02. The topological polar surface area (TPSA) is 114 Å². The third-order valence-corrected chi connectivity index (χ3v) is 4.13. The van der Waals surface area contributed by atoms with E-state index in [1.54, 1.807) is 31.4 Å². The Balaban J connectivity index is 2.24. The number of carbonyl (C=O) groups is 2. The number of nitro groups is 1. The largest absolute Gasteiger partial charge is 0.480 e. The van der Waals surface area contributed by atoms with Gasteiger partial charge in [0.25, 0.3) is 11.6 Å². The zero-order chi connectivity index (χ0) is 17.9. The molecule has 2 aromatic rings. The van der Waals surface area contributed by atoms with Gasteiger partial charge in [0.1, 0.15) is 17.2 Å². The maximum atomic E-state index is 12.4. The van der Waals surface area contributed by atoms with Crippen LogP contribution >= 0.6 is 11.3 Å². The highest BCUT2D eigenvalue weighted by Gasteiger charge is 2.23. The summed E-state index contributed by atoms with van der Waals surface area (Å²) in [5.41, 5.74) is 0.779. The highest BCUT2D eigenvalue weighted by Crippen LogP contribution is 2.26. The maximum Gasteiger partial charge on any atom is 0.323 e. The Morgan fingerprint density at radius 2 is 1.96 bits per heavy atom. The van der Waals surface area contributed by atoms with Gasteiger partial charge in [-0.15, -0.1) is 11.3 Å². The Labute approximate surface area is 141 Å². The minimum atomic E-state index is -1.09. The molecule has 126 valence electrons. The molecule has 1 heterocycles. The molecule has 1 amide bonds. The van der Waals surface area contributed by atoms with Gasteiger partial charge in [-0.3, -0.25) is 19.7 Å². The Hall–Kier alpha value is -2.81. The quantitative estimate of drug-likeness (QED) is 0.633. The van der Waals surface area contributed by atoms with Crippen molar-refractivity contribution in [3.8, 4) is 10.6 Å². The lowest BCUT2D eigenvalue weighted by Gasteiger charge is -2.23. The molecular formula is C15H15N3O5S. The number of amides is 1. The van der Waals surface area contributed by atoms with Crippen LogP contribution in [0.3, 0.4) is 0 Å². The van der Waals surface area contributed by atoms with E-state index in [0.29, 0.717) is 10.6 Å². The second-order valence-corrected chi connectivity index (χ2v) is 6.12. The van der Waals surface area contributed by atoms with Gasteiger partial charge in [-0.2, -0.15) is 0 Å². The molecule has 0 unspecified atom stereocenters. The Morgan fingerprint density at radius 1 is 1.33 bits per heavy atom. The van der Waals surface area contributed by atoms with Crippen molar-refractivity contribution in [3.63, 3.8) is 0 Å². The molecule has 2 rings (SSSR count). The number of rotatable bonds is 6. The second-order valence-electron chi connectivity index (χ2n) is 5.26. The molecule has 1 aromatic carbocycles. The fourth-order valence-electron chi connectivity index (χ4n) is 2.01. The van der Waals surface area contributed by atoms with Gasteiger partial charge >= 0.3 is 5.97 Å². The molecule has 9 heteroatoms. The molecule has 0 aliphatic heterocycles. The molecule has 8 nitrogen and oxygen atoms in total. The number of nitro benzene ring substituents is 1. The molecule has 0 bridgehead atoms. The van der Waals surface area contributed by atoms with E-state index in [1.165, 1.54) is 28.4 Å². The lowest BCUT2D eigenvalue weighted by molar-refractivity contribution is -0.384. The number of hydrogen-bond donors (Lipinski definition) is 1. The van der Waals surface area contributed by atoms with Gasteiger partial charge in [-0.1, -0.05) is 0 Å². The number of carboxylic acids is 1. The number of nitrogens with zero attached hydrogens (tertiary/aromatic N) is 3. The highest BCUT2D eigenvalue weighted by atomic mass is 32.1. The van der Waals surface area contributed by atoms with Gasteiger partial charge in [0, 0.05) is 29.1 Å². The summed E-state index contributed by atoms with van der Waals surface area (Å²) >= 11 is 1.22. The number of hydrogen-bond acceptors (Lipinski definition) is 6. The average molecular weight is 349 g/mol. The summed E-state index contributed by atoms with van der Waals surface area (Å²) in [5.74, 6) is -1.56. The smallest absolute Gasteiger partial charge is 0.323 e. The Bertz CT molecular complexity index is 770. The van der Waals surface area contributed by atoms with Crippen LogP contribution in [0.1, 0.15) is 24.3 Å². The van der Waals surface area contributed by atoms with E-state index in [2.05, 4.69) is 4.98 Å². The number of carbonyl (C=O) groups excluding carboxylic acids is 1. The van der Waals surface area contributed by atoms with Gasteiger partial charge in [0.2, 0.25) is 0 Å². The van der Waals surface area contributed by atoms with E-state index in [1.807, 2.05) is 0 Å². The molecule has 1 N–H and O–H groups in total. The van der Waals surface area contributed by atoms with Crippen LogP contribution < -0.4 is 0 Å². The van der Waals surface area contributed by atoms with Crippen molar-refractivity contribution in [2.75, 3.05) is 6.54 Å². The molecule has 24 heavy (non-hydrogen) atoms. The van der Waals surface area contributed by atoms with Crippen molar-refractivity contribution in [2.24, 2.45) is 0 Å². The van der Waals surface area contributed by atoms with Crippen LogP contribution in [-0.2, 0) is 4.79 Å². The Morgan fingerprint density at radius 3 is 2.46 bits per heavy atom. The molecule has 0 aliphatic rings. The lowest BCUT2D eigenvalue weighted by atomic mass is 10.2. The van der Waals surface area contributed by atoms with Gasteiger partial charge < -0.3 is 10.0 Å². The first kappa shape index (κ1) is 17.5. The second kappa shape index (κ2) is 7.18. The third kappa shape index (κ3) is 3.93. The van der Waals surface area contributed by atoms with E-state index in [-0.39, 0.29) is 17.4 Å². The predicted molar refractivity (Wildman–Crippen MR) is 88.0 cm³/mol. The summed E-state index contributed by atoms with van der Waals surface area (Å²) < 4.78 is 0. The van der Waals surface area contributed by atoms with E-state index < -0.39 is 23.3 Å².